The van der Waals surface area contributed by atoms with E-state index < -0.39 is 26.9 Å². The van der Waals surface area contributed by atoms with Gasteiger partial charge in [0, 0.05) is 23.5 Å². The van der Waals surface area contributed by atoms with Gasteiger partial charge in [0.1, 0.15) is 11.8 Å². The summed E-state index contributed by atoms with van der Waals surface area (Å²) in [6, 6.07) is 9.56. The summed E-state index contributed by atoms with van der Waals surface area (Å²) in [5.41, 5.74) is 0.993. The van der Waals surface area contributed by atoms with Gasteiger partial charge in [-0.15, -0.1) is 0 Å². The molecule has 0 aliphatic carbocycles. The van der Waals surface area contributed by atoms with E-state index in [1.165, 1.54) is 25.3 Å². The number of anilines is 3. The number of amides is 1. The third-order valence-corrected chi connectivity index (χ3v) is 4.22. The van der Waals surface area contributed by atoms with Crippen molar-refractivity contribution in [1.82, 2.24) is 0 Å². The Morgan fingerprint density at radius 2 is 1.75 bits per heavy atom. The van der Waals surface area contributed by atoms with Gasteiger partial charge in [-0.1, -0.05) is 0 Å². The molecular formula is C17H20N4O6S. The maximum atomic E-state index is 12.4. The van der Waals surface area contributed by atoms with Crippen molar-refractivity contribution >= 4 is 38.7 Å². The Morgan fingerprint density at radius 3 is 2.29 bits per heavy atom. The lowest BCUT2D eigenvalue weighted by Gasteiger charge is -2.17. The third-order valence-electron chi connectivity index (χ3n) is 3.62. The van der Waals surface area contributed by atoms with Crippen LogP contribution in [0.5, 0.6) is 5.75 Å². The van der Waals surface area contributed by atoms with Crippen molar-refractivity contribution in [1.29, 1.82) is 0 Å². The maximum absolute atomic E-state index is 12.4. The molecule has 150 valence electrons. The summed E-state index contributed by atoms with van der Waals surface area (Å²) in [7, 11) is -1.98. The molecule has 28 heavy (non-hydrogen) atoms. The van der Waals surface area contributed by atoms with Gasteiger partial charge in [-0.2, -0.15) is 0 Å². The van der Waals surface area contributed by atoms with Gasteiger partial charge in [0.2, 0.25) is 15.9 Å². The number of nitrogens with zero attached hydrogens (tertiary/aromatic N) is 1. The number of ether oxygens (including phenoxy) is 1. The molecule has 0 spiro atoms. The van der Waals surface area contributed by atoms with E-state index in [2.05, 4.69) is 15.4 Å². The minimum Gasteiger partial charge on any atom is -0.495 e. The van der Waals surface area contributed by atoms with Crippen LogP contribution in [0.3, 0.4) is 0 Å². The second-order valence-corrected chi connectivity index (χ2v) is 7.70. The highest BCUT2D eigenvalue weighted by molar-refractivity contribution is 7.92. The fourth-order valence-electron chi connectivity index (χ4n) is 2.31. The predicted molar refractivity (Wildman–Crippen MR) is 106 cm³/mol. The number of nitro benzene ring substituents is 1. The highest BCUT2D eigenvalue weighted by Gasteiger charge is 2.17. The molecule has 3 N–H and O–H groups in total. The predicted octanol–water partition coefficient (Wildman–Crippen LogP) is 2.41. The number of hydrogen-bond donors (Lipinski definition) is 3. The van der Waals surface area contributed by atoms with E-state index in [1.807, 2.05) is 0 Å². The summed E-state index contributed by atoms with van der Waals surface area (Å²) in [6.07, 6.45) is 1.05. The van der Waals surface area contributed by atoms with Crippen molar-refractivity contribution in [3.63, 3.8) is 0 Å². The molecule has 1 atom stereocenters. The summed E-state index contributed by atoms with van der Waals surface area (Å²) in [6.45, 7) is 1.61. The number of sulfonamides is 1. The molecule has 2 aromatic rings. The normalized spacial score (nSPS) is 12.0. The summed E-state index contributed by atoms with van der Waals surface area (Å²) in [4.78, 5) is 22.8. The number of carbonyl (C=O) groups excluding carboxylic acids is 1. The molecule has 0 saturated carbocycles. The van der Waals surface area contributed by atoms with E-state index in [0.29, 0.717) is 17.1 Å². The van der Waals surface area contributed by atoms with E-state index in [9.17, 15) is 23.3 Å². The van der Waals surface area contributed by atoms with E-state index in [0.717, 1.165) is 6.26 Å². The fourth-order valence-corrected chi connectivity index (χ4v) is 2.88. The largest absolute Gasteiger partial charge is 0.495 e. The molecule has 2 aromatic carbocycles. The first-order valence-electron chi connectivity index (χ1n) is 8.07. The standard InChI is InChI=1S/C17H20N4O6S/c1-11(18-12-4-6-13(7-5-12)20-28(3,25)26)17(22)19-15-10-14(21(23)24)8-9-16(15)27-2/h4-11,18,20H,1-3H3,(H,19,22). The Bertz CT molecular complexity index is 976. The number of nitrogens with one attached hydrogen (secondary N) is 3. The lowest BCUT2D eigenvalue weighted by molar-refractivity contribution is -0.384. The van der Waals surface area contributed by atoms with Crippen molar-refractivity contribution < 1.29 is 22.9 Å². The first-order chi connectivity index (χ1) is 13.1. The second-order valence-electron chi connectivity index (χ2n) is 5.95. The van der Waals surface area contributed by atoms with Gasteiger partial charge >= 0.3 is 0 Å². The average molecular weight is 408 g/mol. The van der Waals surface area contributed by atoms with Crippen LogP contribution in [0.2, 0.25) is 0 Å². The van der Waals surface area contributed by atoms with Gasteiger partial charge in [0.05, 0.1) is 24.0 Å². The lowest BCUT2D eigenvalue weighted by Crippen LogP contribution is -2.32. The molecule has 2 rings (SSSR count). The highest BCUT2D eigenvalue weighted by Crippen LogP contribution is 2.29. The first kappa shape index (κ1) is 21.0. The molecule has 0 radical (unpaired) electrons. The molecular weight excluding hydrogens is 388 g/mol. The molecule has 1 unspecified atom stereocenters. The van der Waals surface area contributed by atoms with E-state index in [4.69, 9.17) is 4.74 Å². The van der Waals surface area contributed by atoms with Crippen molar-refractivity contribution in [2.75, 3.05) is 28.7 Å². The molecule has 0 aliphatic heterocycles. The maximum Gasteiger partial charge on any atom is 0.271 e. The van der Waals surface area contributed by atoms with Crippen LogP contribution >= 0.6 is 0 Å². The Morgan fingerprint density at radius 1 is 1.14 bits per heavy atom. The highest BCUT2D eigenvalue weighted by atomic mass is 32.2. The number of methoxy groups -OCH3 is 1. The summed E-state index contributed by atoms with van der Waals surface area (Å²) >= 11 is 0. The van der Waals surface area contributed by atoms with Crippen LogP contribution < -0.4 is 20.1 Å². The van der Waals surface area contributed by atoms with Gasteiger partial charge in [-0.05, 0) is 37.3 Å². The van der Waals surface area contributed by atoms with Gasteiger partial charge in [0.25, 0.3) is 5.69 Å². The smallest absolute Gasteiger partial charge is 0.271 e. The van der Waals surface area contributed by atoms with Crippen LogP contribution in [0, 0.1) is 10.1 Å². The number of carbonyl (C=O) groups is 1. The Balaban J connectivity index is 2.07. The molecule has 0 heterocycles. The Labute approximate surface area is 162 Å². The van der Waals surface area contributed by atoms with Crippen LogP contribution in [0.25, 0.3) is 0 Å². The number of benzene rings is 2. The molecule has 0 saturated heterocycles. The number of nitro groups is 1. The van der Waals surface area contributed by atoms with E-state index in [-0.39, 0.29) is 11.4 Å². The van der Waals surface area contributed by atoms with Crippen LogP contribution in [0.1, 0.15) is 6.92 Å². The van der Waals surface area contributed by atoms with Crippen LogP contribution in [-0.2, 0) is 14.8 Å². The summed E-state index contributed by atoms with van der Waals surface area (Å²) < 4.78 is 29.9. The van der Waals surface area contributed by atoms with Crippen molar-refractivity contribution in [3.05, 3.63) is 52.6 Å². The number of hydrogen-bond acceptors (Lipinski definition) is 7. The average Bonchev–Trinajstić information content (AvgIpc) is 2.61. The second kappa shape index (κ2) is 8.57. The first-order valence-corrected chi connectivity index (χ1v) is 9.96. The van der Waals surface area contributed by atoms with Gasteiger partial charge in [-0.3, -0.25) is 19.6 Å². The summed E-state index contributed by atoms with van der Waals surface area (Å²) in [5.74, 6) is -0.139. The third kappa shape index (κ3) is 5.84. The molecule has 0 aromatic heterocycles. The van der Waals surface area contributed by atoms with Crippen molar-refractivity contribution in [2.24, 2.45) is 0 Å². The SMILES string of the molecule is COc1ccc([N+](=O)[O-])cc1NC(=O)C(C)Nc1ccc(NS(C)(=O)=O)cc1. The molecule has 0 fully saturated rings. The zero-order valence-electron chi connectivity index (χ0n) is 15.4. The monoisotopic (exact) mass is 408 g/mol. The van der Waals surface area contributed by atoms with Gasteiger partial charge in [-0.25, -0.2) is 8.42 Å². The molecule has 1 amide bonds. The Kier molecular flexibility index (Phi) is 6.41. The molecule has 10 nitrogen and oxygen atoms in total. The number of non-ortho nitro benzene ring substituents is 1. The molecule has 0 bridgehead atoms. The lowest BCUT2D eigenvalue weighted by atomic mass is 10.2. The van der Waals surface area contributed by atoms with Crippen LogP contribution in [0.4, 0.5) is 22.7 Å². The van der Waals surface area contributed by atoms with Crippen molar-refractivity contribution in [3.8, 4) is 5.75 Å². The zero-order valence-corrected chi connectivity index (χ0v) is 16.2. The minimum atomic E-state index is -3.37. The Hall–Kier alpha value is -3.34. The minimum absolute atomic E-state index is 0.175. The van der Waals surface area contributed by atoms with Crippen LogP contribution in [0.15, 0.2) is 42.5 Å². The summed E-state index contributed by atoms with van der Waals surface area (Å²) in [5, 5.41) is 16.5. The number of rotatable bonds is 8. The fraction of sp³-hybridized carbons (Fsp3) is 0.235. The van der Waals surface area contributed by atoms with Crippen LogP contribution in [-0.4, -0.2) is 38.7 Å². The van der Waals surface area contributed by atoms with Crippen molar-refractivity contribution in [2.45, 2.75) is 13.0 Å². The quantitative estimate of drug-likeness (QED) is 0.450. The topological polar surface area (TPSA) is 140 Å². The van der Waals surface area contributed by atoms with Gasteiger partial charge in [0.15, 0.2) is 0 Å². The molecule has 0 aliphatic rings. The van der Waals surface area contributed by atoms with Gasteiger partial charge < -0.3 is 15.4 Å². The van der Waals surface area contributed by atoms with E-state index >= 15 is 0 Å². The van der Waals surface area contributed by atoms with E-state index in [1.54, 1.807) is 31.2 Å². The molecule has 11 heteroatoms. The zero-order chi connectivity index (χ0) is 20.9.